The maximum atomic E-state index is 13.0. The first-order chi connectivity index (χ1) is 9.06. The molecule has 1 aromatic rings. The predicted molar refractivity (Wildman–Crippen MR) is 68.9 cm³/mol. The largest absolute Gasteiger partial charge is 0.391 e. The Labute approximate surface area is 114 Å². The summed E-state index contributed by atoms with van der Waals surface area (Å²) < 4.78 is 25.7. The van der Waals surface area contributed by atoms with Crippen molar-refractivity contribution in [2.24, 2.45) is 0 Å². The Morgan fingerprint density at radius 3 is 2.89 bits per heavy atom. The number of rotatable bonds is 3. The first kappa shape index (κ1) is 14.3. The second-order valence-electron chi connectivity index (χ2n) is 4.50. The number of β-amino-alcohol motifs (C(OH)–C–C–N with tert-alkyl or cyclic N) is 1. The van der Waals surface area contributed by atoms with Crippen molar-refractivity contribution in [2.45, 2.75) is 23.8 Å². The van der Waals surface area contributed by atoms with E-state index in [0.29, 0.717) is 18.0 Å². The fraction of sp³-hybridized carbons (Fsp3) is 0.462. The summed E-state index contributed by atoms with van der Waals surface area (Å²) in [5.74, 6) is -1.73. The summed E-state index contributed by atoms with van der Waals surface area (Å²) in [7, 11) is 0. The molecule has 1 atom stereocenters. The minimum atomic E-state index is -0.911. The molecule has 0 saturated carbocycles. The molecule has 0 aliphatic carbocycles. The quantitative estimate of drug-likeness (QED) is 0.865. The number of carbonyl (C=O) groups excluding carboxylic acids is 1. The normalized spacial score (nSPS) is 19.5. The molecule has 104 valence electrons. The molecule has 2 rings (SSSR count). The van der Waals surface area contributed by atoms with Gasteiger partial charge >= 0.3 is 0 Å². The lowest BCUT2D eigenvalue weighted by Gasteiger charge is -2.30. The van der Waals surface area contributed by atoms with Crippen molar-refractivity contribution in [1.82, 2.24) is 4.90 Å². The van der Waals surface area contributed by atoms with Gasteiger partial charge in [0, 0.05) is 18.0 Å². The van der Waals surface area contributed by atoms with Crippen LogP contribution in [0.4, 0.5) is 8.78 Å². The van der Waals surface area contributed by atoms with Gasteiger partial charge in [0.2, 0.25) is 5.91 Å². The first-order valence-corrected chi connectivity index (χ1v) is 7.08. The van der Waals surface area contributed by atoms with Crippen LogP contribution in [0.1, 0.15) is 12.8 Å². The van der Waals surface area contributed by atoms with Crippen LogP contribution in [0.25, 0.3) is 0 Å². The van der Waals surface area contributed by atoms with Crippen molar-refractivity contribution < 1.29 is 18.7 Å². The van der Waals surface area contributed by atoms with Crippen LogP contribution in [0, 0.1) is 11.6 Å². The first-order valence-electron chi connectivity index (χ1n) is 6.10. The third-order valence-electron chi connectivity index (χ3n) is 3.00. The van der Waals surface area contributed by atoms with E-state index in [4.69, 9.17) is 0 Å². The topological polar surface area (TPSA) is 40.5 Å². The van der Waals surface area contributed by atoms with Crippen LogP contribution in [-0.4, -0.2) is 40.9 Å². The lowest BCUT2D eigenvalue weighted by atomic mass is 10.1. The second kappa shape index (κ2) is 6.34. The fourth-order valence-corrected chi connectivity index (χ4v) is 2.81. The zero-order valence-corrected chi connectivity index (χ0v) is 11.1. The number of amides is 1. The minimum absolute atomic E-state index is 0.0894. The minimum Gasteiger partial charge on any atom is -0.391 e. The van der Waals surface area contributed by atoms with E-state index < -0.39 is 17.7 Å². The summed E-state index contributed by atoms with van der Waals surface area (Å²) in [4.78, 5) is 14.0. The van der Waals surface area contributed by atoms with Crippen molar-refractivity contribution in [3.63, 3.8) is 0 Å². The van der Waals surface area contributed by atoms with Crippen molar-refractivity contribution in [3.8, 4) is 0 Å². The number of piperidine rings is 1. The van der Waals surface area contributed by atoms with Gasteiger partial charge < -0.3 is 10.0 Å². The highest BCUT2D eigenvalue weighted by atomic mass is 32.2. The predicted octanol–water partition coefficient (Wildman–Crippen LogP) is 2.04. The number of aliphatic hydroxyl groups excluding tert-OH is 1. The van der Waals surface area contributed by atoms with Crippen molar-refractivity contribution >= 4 is 17.7 Å². The number of likely N-dealkylation sites (tertiary alicyclic amines) is 1. The number of benzene rings is 1. The summed E-state index contributed by atoms with van der Waals surface area (Å²) in [6, 6.07) is 3.58. The number of hydrogen-bond acceptors (Lipinski definition) is 3. The van der Waals surface area contributed by atoms with Crippen LogP contribution < -0.4 is 0 Å². The van der Waals surface area contributed by atoms with E-state index in [1.807, 2.05) is 0 Å². The van der Waals surface area contributed by atoms with Crippen molar-refractivity contribution in [1.29, 1.82) is 0 Å². The van der Waals surface area contributed by atoms with Crippen molar-refractivity contribution in [3.05, 3.63) is 29.8 Å². The molecular formula is C13H15F2NO2S. The molecule has 6 heteroatoms. The number of carbonyl (C=O) groups is 1. The van der Waals surface area contributed by atoms with Crippen LogP contribution in [0.5, 0.6) is 0 Å². The van der Waals surface area contributed by atoms with Gasteiger partial charge in [-0.2, -0.15) is 0 Å². The number of hydrogen-bond donors (Lipinski definition) is 1. The van der Waals surface area contributed by atoms with E-state index in [-0.39, 0.29) is 11.7 Å². The van der Waals surface area contributed by atoms with Crippen LogP contribution >= 0.6 is 11.8 Å². The number of halogens is 2. The molecular weight excluding hydrogens is 272 g/mol. The molecule has 0 unspecified atom stereocenters. The van der Waals surface area contributed by atoms with E-state index in [2.05, 4.69) is 0 Å². The van der Waals surface area contributed by atoms with Crippen molar-refractivity contribution in [2.75, 3.05) is 18.8 Å². The average molecular weight is 287 g/mol. The van der Waals surface area contributed by atoms with Crippen LogP contribution in [0.15, 0.2) is 23.1 Å². The van der Waals surface area contributed by atoms with Crippen LogP contribution in [0.3, 0.4) is 0 Å². The highest BCUT2D eigenvalue weighted by molar-refractivity contribution is 8.00. The van der Waals surface area contributed by atoms with E-state index in [1.165, 1.54) is 17.8 Å². The Morgan fingerprint density at radius 2 is 2.21 bits per heavy atom. The molecule has 1 amide bonds. The molecule has 0 spiro atoms. The zero-order valence-electron chi connectivity index (χ0n) is 10.3. The molecule has 0 aromatic heterocycles. The molecule has 3 nitrogen and oxygen atoms in total. The highest BCUT2D eigenvalue weighted by Crippen LogP contribution is 2.21. The standard InChI is InChI=1S/C13H15F2NO2S/c14-11-4-3-10(6-12(11)15)19-8-13(18)16-5-1-2-9(17)7-16/h3-4,6,9,17H,1-2,5,7-8H2/t9-/m0/s1. The van der Waals surface area contributed by atoms with Gasteiger partial charge in [0.1, 0.15) is 0 Å². The third kappa shape index (κ3) is 3.91. The van der Waals surface area contributed by atoms with Gasteiger partial charge in [-0.25, -0.2) is 8.78 Å². The Kier molecular flexibility index (Phi) is 4.76. The maximum Gasteiger partial charge on any atom is 0.233 e. The van der Waals surface area contributed by atoms with E-state index in [1.54, 1.807) is 4.90 Å². The second-order valence-corrected chi connectivity index (χ2v) is 5.55. The van der Waals surface area contributed by atoms with Gasteiger partial charge in [-0.05, 0) is 31.0 Å². The lowest BCUT2D eigenvalue weighted by Crippen LogP contribution is -2.42. The molecule has 1 heterocycles. The van der Waals surface area contributed by atoms with Gasteiger partial charge in [-0.1, -0.05) is 0 Å². The third-order valence-corrected chi connectivity index (χ3v) is 3.98. The average Bonchev–Trinajstić information content (AvgIpc) is 2.40. The molecule has 1 fully saturated rings. The highest BCUT2D eigenvalue weighted by Gasteiger charge is 2.21. The van der Waals surface area contributed by atoms with E-state index in [9.17, 15) is 18.7 Å². The summed E-state index contributed by atoms with van der Waals surface area (Å²) in [6.45, 7) is 1.01. The summed E-state index contributed by atoms with van der Waals surface area (Å²) in [5.41, 5.74) is 0. The van der Waals surface area contributed by atoms with Gasteiger partial charge in [0.05, 0.1) is 11.9 Å². The summed E-state index contributed by atoms with van der Waals surface area (Å²) in [6.07, 6.45) is 1.06. The molecule has 0 bridgehead atoms. The van der Waals surface area contributed by atoms with Gasteiger partial charge in [-0.15, -0.1) is 11.8 Å². The van der Waals surface area contributed by atoms with Gasteiger partial charge in [0.15, 0.2) is 11.6 Å². The number of nitrogens with zero attached hydrogens (tertiary/aromatic N) is 1. The lowest BCUT2D eigenvalue weighted by molar-refractivity contribution is -0.131. The molecule has 0 radical (unpaired) electrons. The number of thioether (sulfide) groups is 1. The summed E-state index contributed by atoms with van der Waals surface area (Å²) in [5, 5.41) is 9.49. The maximum absolute atomic E-state index is 13.0. The Morgan fingerprint density at radius 1 is 1.42 bits per heavy atom. The Hall–Kier alpha value is -1.14. The van der Waals surface area contributed by atoms with E-state index in [0.717, 1.165) is 25.0 Å². The zero-order chi connectivity index (χ0) is 13.8. The smallest absolute Gasteiger partial charge is 0.233 e. The monoisotopic (exact) mass is 287 g/mol. The van der Waals surface area contributed by atoms with E-state index >= 15 is 0 Å². The Balaban J connectivity index is 1.87. The summed E-state index contributed by atoms with van der Waals surface area (Å²) >= 11 is 1.17. The molecule has 1 aromatic carbocycles. The molecule has 1 aliphatic rings. The number of aliphatic hydroxyl groups is 1. The van der Waals surface area contributed by atoms with Gasteiger partial charge in [-0.3, -0.25) is 4.79 Å². The van der Waals surface area contributed by atoms with Crippen LogP contribution in [0.2, 0.25) is 0 Å². The molecule has 1 N–H and O–H groups in total. The molecule has 1 saturated heterocycles. The molecule has 1 aliphatic heterocycles. The van der Waals surface area contributed by atoms with Gasteiger partial charge in [0.25, 0.3) is 0 Å². The SMILES string of the molecule is O=C(CSc1ccc(F)c(F)c1)N1CCC[C@H](O)C1. The Bertz CT molecular complexity index is 470. The molecule has 19 heavy (non-hydrogen) atoms. The fourth-order valence-electron chi connectivity index (χ4n) is 1.98. The van der Waals surface area contributed by atoms with Crippen LogP contribution in [-0.2, 0) is 4.79 Å².